The lowest BCUT2D eigenvalue weighted by atomic mass is 10.1. The summed E-state index contributed by atoms with van der Waals surface area (Å²) in [6.45, 7) is 0.556. The van der Waals surface area contributed by atoms with Gasteiger partial charge in [0.25, 0.3) is 0 Å². The van der Waals surface area contributed by atoms with Gasteiger partial charge in [-0.3, -0.25) is 9.59 Å². The van der Waals surface area contributed by atoms with Gasteiger partial charge in [-0.25, -0.2) is 9.99 Å². The molecule has 1 aromatic heterocycles. The molecule has 1 aliphatic heterocycles. The van der Waals surface area contributed by atoms with E-state index in [1.54, 1.807) is 11.3 Å². The van der Waals surface area contributed by atoms with Crippen LogP contribution in [0.4, 0.5) is 5.69 Å². The molecule has 5 rings (SSSR count). The van der Waals surface area contributed by atoms with E-state index < -0.39 is 0 Å². The van der Waals surface area contributed by atoms with Crippen molar-refractivity contribution in [1.29, 1.82) is 0 Å². The van der Waals surface area contributed by atoms with E-state index in [4.69, 9.17) is 0 Å². The summed E-state index contributed by atoms with van der Waals surface area (Å²) in [6, 6.07) is 25.8. The summed E-state index contributed by atoms with van der Waals surface area (Å²) < 4.78 is 1.19. The summed E-state index contributed by atoms with van der Waals surface area (Å²) in [5.74, 6) is -0.314. The number of aromatic nitrogens is 1. The van der Waals surface area contributed by atoms with Crippen molar-refractivity contribution >= 4 is 44.8 Å². The number of carbonyl (C=O) groups is 2. The van der Waals surface area contributed by atoms with Crippen LogP contribution in [0.2, 0.25) is 0 Å². The number of nitrogens with zero attached hydrogens (tertiary/aromatic N) is 3. The van der Waals surface area contributed by atoms with Gasteiger partial charge < -0.3 is 5.32 Å². The molecule has 1 aliphatic rings. The zero-order valence-corrected chi connectivity index (χ0v) is 19.4. The topological polar surface area (TPSA) is 74.7 Å². The third kappa shape index (κ3) is 5.21. The highest BCUT2D eigenvalue weighted by atomic mass is 32.1. The minimum absolute atomic E-state index is 0.124. The van der Waals surface area contributed by atoms with Gasteiger partial charge in [0.2, 0.25) is 11.8 Å². The molecule has 34 heavy (non-hydrogen) atoms. The van der Waals surface area contributed by atoms with E-state index in [2.05, 4.69) is 21.5 Å². The zero-order valence-electron chi connectivity index (χ0n) is 18.6. The predicted molar refractivity (Wildman–Crippen MR) is 136 cm³/mol. The van der Waals surface area contributed by atoms with E-state index in [-0.39, 0.29) is 24.7 Å². The molecule has 0 saturated heterocycles. The minimum atomic E-state index is -0.182. The lowest BCUT2D eigenvalue weighted by molar-refractivity contribution is -0.132. The van der Waals surface area contributed by atoms with Crippen molar-refractivity contribution in [2.24, 2.45) is 5.10 Å². The fourth-order valence-corrected chi connectivity index (χ4v) is 4.92. The Morgan fingerprint density at radius 2 is 1.68 bits per heavy atom. The highest BCUT2D eigenvalue weighted by Crippen LogP contribution is 2.24. The molecule has 0 saturated carbocycles. The molecule has 6 nitrogen and oxygen atoms in total. The maximum absolute atomic E-state index is 12.5. The molecule has 0 fully saturated rings. The number of nitrogens with one attached hydrogen (secondary N) is 1. The number of rotatable bonds is 7. The quantitative estimate of drug-likeness (QED) is 0.403. The van der Waals surface area contributed by atoms with E-state index in [1.807, 2.05) is 72.8 Å². The maximum Gasteiger partial charge on any atom is 0.243 e. The van der Waals surface area contributed by atoms with Crippen molar-refractivity contribution in [3.05, 3.63) is 95.0 Å². The van der Waals surface area contributed by atoms with Crippen molar-refractivity contribution in [1.82, 2.24) is 9.99 Å². The molecule has 4 aromatic rings. The van der Waals surface area contributed by atoms with E-state index in [9.17, 15) is 9.59 Å². The number of hydrogen-bond donors (Lipinski definition) is 1. The van der Waals surface area contributed by atoms with Gasteiger partial charge in [0, 0.05) is 31.4 Å². The Hall–Kier alpha value is -3.84. The first kappa shape index (κ1) is 22.0. The van der Waals surface area contributed by atoms with E-state index >= 15 is 0 Å². The van der Waals surface area contributed by atoms with Crippen LogP contribution >= 0.6 is 11.3 Å². The van der Waals surface area contributed by atoms with Gasteiger partial charge in [0.1, 0.15) is 0 Å². The SMILES string of the molecule is O=C(CCC(=O)N1CCC(c2ccccc2)=N1)Nc1ccc(Cc2nc3ccccc3s2)cc1. The lowest BCUT2D eigenvalue weighted by Crippen LogP contribution is -2.24. The van der Waals surface area contributed by atoms with Gasteiger partial charge in [-0.2, -0.15) is 5.10 Å². The van der Waals surface area contributed by atoms with Crippen LogP contribution in [0, 0.1) is 0 Å². The smallest absolute Gasteiger partial charge is 0.243 e. The molecule has 3 aromatic carbocycles. The number of benzene rings is 3. The van der Waals surface area contributed by atoms with Crippen LogP contribution in [0.5, 0.6) is 0 Å². The van der Waals surface area contributed by atoms with Crippen molar-refractivity contribution in [3.63, 3.8) is 0 Å². The van der Waals surface area contributed by atoms with Gasteiger partial charge in [-0.15, -0.1) is 11.3 Å². The second-order valence-corrected chi connectivity index (χ2v) is 9.29. The summed E-state index contributed by atoms with van der Waals surface area (Å²) in [5.41, 5.74) is 4.81. The van der Waals surface area contributed by atoms with E-state index in [0.717, 1.165) is 45.9 Å². The Balaban J connectivity index is 1.11. The van der Waals surface area contributed by atoms with Gasteiger partial charge >= 0.3 is 0 Å². The molecule has 0 atom stereocenters. The fourth-order valence-electron chi connectivity index (χ4n) is 3.92. The van der Waals surface area contributed by atoms with Gasteiger partial charge in [-0.1, -0.05) is 54.6 Å². The van der Waals surface area contributed by atoms with E-state index in [1.165, 1.54) is 9.71 Å². The number of para-hydroxylation sites is 1. The predicted octanol–water partition coefficient (Wildman–Crippen LogP) is 5.24. The molecular weight excluding hydrogens is 444 g/mol. The first-order valence-electron chi connectivity index (χ1n) is 11.3. The molecule has 0 unspecified atom stereocenters. The zero-order chi connectivity index (χ0) is 23.3. The van der Waals surface area contributed by atoms with Crippen LogP contribution in [0.3, 0.4) is 0 Å². The summed E-state index contributed by atoms with van der Waals surface area (Å²) in [4.78, 5) is 29.5. The summed E-state index contributed by atoms with van der Waals surface area (Å²) in [7, 11) is 0. The fraction of sp³-hybridized carbons (Fsp3) is 0.185. The number of anilines is 1. The first-order chi connectivity index (χ1) is 16.6. The number of thiazole rings is 1. The number of carbonyl (C=O) groups excluding carboxylic acids is 2. The molecule has 170 valence electrons. The maximum atomic E-state index is 12.5. The Morgan fingerprint density at radius 1 is 0.912 bits per heavy atom. The molecule has 0 radical (unpaired) electrons. The van der Waals surface area contributed by atoms with Crippen molar-refractivity contribution in [3.8, 4) is 0 Å². The van der Waals surface area contributed by atoms with Crippen LogP contribution in [-0.4, -0.2) is 34.1 Å². The van der Waals surface area contributed by atoms with Crippen molar-refractivity contribution < 1.29 is 9.59 Å². The third-order valence-electron chi connectivity index (χ3n) is 5.69. The second kappa shape index (κ2) is 9.97. The summed E-state index contributed by atoms with van der Waals surface area (Å²) in [5, 5.41) is 9.86. The average Bonchev–Trinajstić information content (AvgIpc) is 3.51. The highest BCUT2D eigenvalue weighted by molar-refractivity contribution is 7.18. The lowest BCUT2D eigenvalue weighted by Gasteiger charge is -2.11. The summed E-state index contributed by atoms with van der Waals surface area (Å²) >= 11 is 1.70. The largest absolute Gasteiger partial charge is 0.326 e. The van der Waals surface area contributed by atoms with E-state index in [0.29, 0.717) is 6.54 Å². The molecule has 2 amide bonds. The second-order valence-electron chi connectivity index (χ2n) is 8.18. The van der Waals surface area contributed by atoms with Crippen LogP contribution in [0.1, 0.15) is 35.4 Å². The highest BCUT2D eigenvalue weighted by Gasteiger charge is 2.21. The number of amides is 2. The Labute approximate surface area is 201 Å². The molecule has 0 bridgehead atoms. The Morgan fingerprint density at radius 3 is 2.47 bits per heavy atom. The van der Waals surface area contributed by atoms with Crippen LogP contribution in [0.25, 0.3) is 10.2 Å². The Bertz CT molecular complexity index is 1310. The number of hydrazone groups is 1. The number of hydrogen-bond acceptors (Lipinski definition) is 5. The van der Waals surface area contributed by atoms with Crippen LogP contribution in [-0.2, 0) is 16.0 Å². The van der Waals surface area contributed by atoms with Crippen LogP contribution < -0.4 is 5.32 Å². The minimum Gasteiger partial charge on any atom is -0.326 e. The number of fused-ring (bicyclic) bond motifs is 1. The van der Waals surface area contributed by atoms with Crippen molar-refractivity contribution in [2.45, 2.75) is 25.7 Å². The average molecular weight is 469 g/mol. The molecule has 1 N–H and O–H groups in total. The van der Waals surface area contributed by atoms with Crippen LogP contribution in [0.15, 0.2) is 84.0 Å². The van der Waals surface area contributed by atoms with Gasteiger partial charge in [0.05, 0.1) is 27.5 Å². The monoisotopic (exact) mass is 468 g/mol. The van der Waals surface area contributed by atoms with Gasteiger partial charge in [0.15, 0.2) is 0 Å². The van der Waals surface area contributed by atoms with Crippen molar-refractivity contribution in [2.75, 3.05) is 11.9 Å². The van der Waals surface area contributed by atoms with Gasteiger partial charge in [-0.05, 0) is 35.4 Å². The normalized spacial score (nSPS) is 13.2. The Kier molecular flexibility index (Phi) is 6.44. The molecule has 0 aliphatic carbocycles. The first-order valence-corrected chi connectivity index (χ1v) is 12.1. The molecule has 7 heteroatoms. The molecule has 2 heterocycles. The third-order valence-corrected chi connectivity index (χ3v) is 6.73. The standard InChI is InChI=1S/C27H24N4O2S/c32-25(14-15-27(33)31-17-16-22(30-31)20-6-2-1-3-7-20)28-21-12-10-19(11-13-21)18-26-29-23-8-4-5-9-24(23)34-26/h1-13H,14-18H2,(H,28,32). The molecule has 0 spiro atoms. The summed E-state index contributed by atoms with van der Waals surface area (Å²) in [6.07, 6.45) is 1.74. The molecular formula is C27H24N4O2S.